The van der Waals surface area contributed by atoms with Crippen LogP contribution in [-0.4, -0.2) is 6.67 Å². The van der Waals surface area contributed by atoms with E-state index in [4.69, 9.17) is 5.73 Å². The smallest absolute Gasteiger partial charge is 0.133 e. The molecule has 0 aliphatic carbocycles. The molecule has 0 aliphatic heterocycles. The second-order valence-electron chi connectivity index (χ2n) is 3.18. The van der Waals surface area contributed by atoms with Crippen LogP contribution in [-0.2, 0) is 0 Å². The van der Waals surface area contributed by atoms with E-state index in [1.807, 2.05) is 0 Å². The first kappa shape index (κ1) is 14.3. The van der Waals surface area contributed by atoms with Crippen LogP contribution in [0.5, 0.6) is 0 Å². The van der Waals surface area contributed by atoms with Crippen molar-refractivity contribution in [2.75, 3.05) is 6.67 Å². The Labute approximate surface area is 92.9 Å². The van der Waals surface area contributed by atoms with Crippen LogP contribution in [0.3, 0.4) is 0 Å². The molecule has 2 N–H and O–H groups in total. The molecule has 1 aromatic rings. The average molecular weight is 240 g/mol. The fraction of sp³-hybridized carbons (Fsp3) is 0.400. The van der Waals surface area contributed by atoms with Crippen molar-refractivity contribution in [3.63, 3.8) is 0 Å². The van der Waals surface area contributed by atoms with E-state index in [0.29, 0.717) is 5.56 Å². The highest BCUT2D eigenvalue weighted by Gasteiger charge is 2.17. The summed E-state index contributed by atoms with van der Waals surface area (Å²) in [7, 11) is 0. The van der Waals surface area contributed by atoms with Crippen molar-refractivity contribution < 1.29 is 13.2 Å². The summed E-state index contributed by atoms with van der Waals surface area (Å²) in [5, 5.41) is 0. The Morgan fingerprint density at radius 2 is 1.93 bits per heavy atom. The molecule has 1 rings (SSSR count). The first-order chi connectivity index (χ1) is 6.57. The van der Waals surface area contributed by atoms with Crippen LogP contribution < -0.4 is 5.73 Å². The third-order valence-electron chi connectivity index (χ3n) is 2.11. The number of alkyl halides is 1. The first-order valence-corrected chi connectivity index (χ1v) is 4.34. The molecule has 1 aromatic carbocycles. The number of aryl methyl sites for hydroxylation is 1. The van der Waals surface area contributed by atoms with Crippen molar-refractivity contribution in [1.29, 1.82) is 0 Å². The number of halogens is 4. The highest BCUT2D eigenvalue weighted by atomic mass is 35.5. The van der Waals surface area contributed by atoms with Gasteiger partial charge in [-0.1, -0.05) is 6.07 Å². The van der Waals surface area contributed by atoms with Crippen LogP contribution in [0.1, 0.15) is 23.6 Å². The van der Waals surface area contributed by atoms with E-state index < -0.39 is 24.4 Å². The summed E-state index contributed by atoms with van der Waals surface area (Å²) in [5.41, 5.74) is 5.55. The van der Waals surface area contributed by atoms with Gasteiger partial charge in [-0.15, -0.1) is 12.4 Å². The van der Waals surface area contributed by atoms with Crippen molar-refractivity contribution in [1.82, 2.24) is 0 Å². The number of nitrogens with two attached hydrogens (primary N) is 1. The van der Waals surface area contributed by atoms with Crippen molar-refractivity contribution in [2.45, 2.75) is 19.4 Å². The molecular weight excluding hydrogens is 227 g/mol. The lowest BCUT2D eigenvalue weighted by atomic mass is 10.0. The molecule has 1 nitrogen and oxygen atoms in total. The zero-order valence-electron chi connectivity index (χ0n) is 8.27. The predicted molar refractivity (Wildman–Crippen MR) is 55.9 cm³/mol. The van der Waals surface area contributed by atoms with E-state index in [1.165, 1.54) is 13.0 Å². The Morgan fingerprint density at radius 1 is 1.33 bits per heavy atom. The standard InChI is InChI=1S/C10H12F3N.ClH/c1-6-2-3-7(12)9(10(6)13)8(14)4-5-11;/h2-3,8H,4-5,14H2,1H3;1H/t8-;/m1./s1. The van der Waals surface area contributed by atoms with E-state index >= 15 is 0 Å². The van der Waals surface area contributed by atoms with Crippen molar-refractivity contribution in [2.24, 2.45) is 5.73 Å². The third-order valence-corrected chi connectivity index (χ3v) is 2.11. The summed E-state index contributed by atoms with van der Waals surface area (Å²) in [6, 6.07) is 1.56. The average Bonchev–Trinajstić information content (AvgIpc) is 2.13. The molecular formula is C10H13ClF3N. The fourth-order valence-corrected chi connectivity index (χ4v) is 1.28. The van der Waals surface area contributed by atoms with Crippen LogP contribution in [0.2, 0.25) is 0 Å². The lowest BCUT2D eigenvalue weighted by Crippen LogP contribution is -2.15. The monoisotopic (exact) mass is 239 g/mol. The first-order valence-electron chi connectivity index (χ1n) is 4.34. The van der Waals surface area contributed by atoms with Gasteiger partial charge in [-0.05, 0) is 25.0 Å². The van der Waals surface area contributed by atoms with Gasteiger partial charge in [0.05, 0.1) is 6.67 Å². The molecule has 86 valence electrons. The summed E-state index contributed by atoms with van der Waals surface area (Å²) in [4.78, 5) is 0. The number of rotatable bonds is 3. The highest BCUT2D eigenvalue weighted by molar-refractivity contribution is 5.85. The lowest BCUT2D eigenvalue weighted by molar-refractivity contribution is 0.424. The van der Waals surface area contributed by atoms with Gasteiger partial charge in [-0.25, -0.2) is 8.78 Å². The Morgan fingerprint density at radius 3 is 2.47 bits per heavy atom. The maximum atomic E-state index is 13.4. The molecule has 15 heavy (non-hydrogen) atoms. The van der Waals surface area contributed by atoms with E-state index in [-0.39, 0.29) is 24.4 Å². The molecule has 0 saturated heterocycles. The summed E-state index contributed by atoms with van der Waals surface area (Å²) >= 11 is 0. The van der Waals surface area contributed by atoms with Crippen LogP contribution in [0.4, 0.5) is 13.2 Å². The summed E-state index contributed by atoms with van der Waals surface area (Å²) in [6.45, 7) is 0.828. The molecule has 1 atom stereocenters. The maximum absolute atomic E-state index is 13.4. The Hall–Kier alpha value is -0.740. The molecule has 0 fully saturated rings. The summed E-state index contributed by atoms with van der Waals surface area (Å²) < 4.78 is 38.5. The van der Waals surface area contributed by atoms with E-state index in [0.717, 1.165) is 6.07 Å². The predicted octanol–water partition coefficient (Wildman–Crippen LogP) is 3.05. The van der Waals surface area contributed by atoms with Crippen molar-refractivity contribution in [3.8, 4) is 0 Å². The minimum Gasteiger partial charge on any atom is -0.324 e. The fourth-order valence-electron chi connectivity index (χ4n) is 1.28. The Kier molecular flexibility index (Phi) is 5.68. The van der Waals surface area contributed by atoms with Crippen LogP contribution in [0, 0.1) is 18.6 Å². The highest BCUT2D eigenvalue weighted by Crippen LogP contribution is 2.23. The third kappa shape index (κ3) is 3.11. The van der Waals surface area contributed by atoms with E-state index in [9.17, 15) is 13.2 Å². The SMILES string of the molecule is Cc1ccc(F)c([C@H](N)CCF)c1F.Cl. The van der Waals surface area contributed by atoms with Crippen molar-refractivity contribution >= 4 is 12.4 Å². The van der Waals surface area contributed by atoms with E-state index in [2.05, 4.69) is 0 Å². The van der Waals surface area contributed by atoms with Gasteiger partial charge in [0.1, 0.15) is 11.6 Å². The molecule has 0 saturated carbocycles. The molecule has 0 aliphatic rings. The largest absolute Gasteiger partial charge is 0.324 e. The topological polar surface area (TPSA) is 26.0 Å². The minimum atomic E-state index is -0.917. The summed E-state index contributed by atoms with van der Waals surface area (Å²) in [5.74, 6) is -1.39. The molecule has 0 unspecified atom stereocenters. The van der Waals surface area contributed by atoms with Crippen molar-refractivity contribution in [3.05, 3.63) is 34.9 Å². The van der Waals surface area contributed by atoms with Gasteiger partial charge in [0.15, 0.2) is 0 Å². The molecule has 0 spiro atoms. The molecule has 0 amide bonds. The molecule has 0 bridgehead atoms. The number of hydrogen-bond acceptors (Lipinski definition) is 1. The maximum Gasteiger partial charge on any atom is 0.133 e. The van der Waals surface area contributed by atoms with Crippen LogP contribution in [0.25, 0.3) is 0 Å². The quantitative estimate of drug-likeness (QED) is 0.862. The summed E-state index contributed by atoms with van der Waals surface area (Å²) in [6.07, 6.45) is -0.0721. The molecule has 0 radical (unpaired) electrons. The number of benzene rings is 1. The van der Waals surface area contributed by atoms with Gasteiger partial charge in [0.25, 0.3) is 0 Å². The van der Waals surface area contributed by atoms with Crippen LogP contribution in [0.15, 0.2) is 12.1 Å². The molecule has 0 aromatic heterocycles. The molecule has 0 heterocycles. The second kappa shape index (κ2) is 5.98. The van der Waals surface area contributed by atoms with Gasteiger partial charge in [-0.3, -0.25) is 4.39 Å². The Bertz CT molecular complexity index is 331. The van der Waals surface area contributed by atoms with E-state index in [1.54, 1.807) is 0 Å². The van der Waals surface area contributed by atoms with Gasteiger partial charge in [0.2, 0.25) is 0 Å². The van der Waals surface area contributed by atoms with Gasteiger partial charge in [-0.2, -0.15) is 0 Å². The molecule has 5 heteroatoms. The second-order valence-corrected chi connectivity index (χ2v) is 3.18. The zero-order chi connectivity index (χ0) is 10.7. The Balaban J connectivity index is 0.00000196. The van der Waals surface area contributed by atoms with Gasteiger partial charge in [0, 0.05) is 11.6 Å². The number of hydrogen-bond donors (Lipinski definition) is 1. The van der Waals surface area contributed by atoms with Gasteiger partial charge < -0.3 is 5.73 Å². The van der Waals surface area contributed by atoms with Crippen LogP contribution >= 0.6 is 12.4 Å². The lowest BCUT2D eigenvalue weighted by Gasteiger charge is -2.13. The van der Waals surface area contributed by atoms with Gasteiger partial charge >= 0.3 is 0 Å². The zero-order valence-corrected chi connectivity index (χ0v) is 9.08. The normalized spacial score (nSPS) is 12.1. The minimum absolute atomic E-state index is 0.